The molecule has 0 amide bonds. The van der Waals surface area contributed by atoms with Gasteiger partial charge in [-0.05, 0) is 0 Å². The van der Waals surface area contributed by atoms with E-state index in [-0.39, 0.29) is 51.0 Å². The first-order valence-corrected chi connectivity index (χ1v) is 5.61. The maximum Gasteiger partial charge on any atom is 4.00 e. The summed E-state index contributed by atoms with van der Waals surface area (Å²) in [6.45, 7) is 2.22. The van der Waals surface area contributed by atoms with Crippen LogP contribution in [-0.2, 0) is 26.2 Å². The van der Waals surface area contributed by atoms with Crippen molar-refractivity contribution in [3.63, 3.8) is 0 Å². The minimum absolute atomic E-state index is 0. The van der Waals surface area contributed by atoms with Crippen LogP contribution in [-0.4, -0.2) is 0 Å². The first-order chi connectivity index (χ1) is 7.43. The molecule has 0 bridgehead atoms. The Balaban J connectivity index is -0.000000225. The van der Waals surface area contributed by atoms with E-state index in [0.29, 0.717) is 0 Å². The molecule has 0 atom stereocenters. The predicted octanol–water partition coefficient (Wildman–Crippen LogP) is -1.64. The number of halogens is 2. The zero-order valence-corrected chi connectivity index (χ0v) is 14.6. The Morgan fingerprint density at radius 3 is 2.11 bits per heavy atom. The molecule has 3 heteroatoms. The summed E-state index contributed by atoms with van der Waals surface area (Å²) in [5.74, 6) is 0. The molecule has 2 rings (SSSR count). The van der Waals surface area contributed by atoms with Crippen molar-refractivity contribution in [1.29, 1.82) is 0 Å². The van der Waals surface area contributed by atoms with Crippen molar-refractivity contribution < 1.29 is 51.0 Å². The van der Waals surface area contributed by atoms with Crippen molar-refractivity contribution in [2.24, 2.45) is 0 Å². The van der Waals surface area contributed by atoms with Crippen LogP contribution in [0.5, 0.6) is 0 Å². The molecule has 0 saturated heterocycles. The second-order valence-corrected chi connectivity index (χ2v) is 3.49. The number of unbranched alkanes of at least 4 members (excludes halogenated alkanes) is 1. The summed E-state index contributed by atoms with van der Waals surface area (Å²) in [5.41, 5.74) is 1.41. The Labute approximate surface area is 143 Å². The van der Waals surface area contributed by atoms with E-state index in [1.54, 1.807) is 0 Å². The van der Waals surface area contributed by atoms with E-state index in [2.05, 4.69) is 31.2 Å². The van der Waals surface area contributed by atoms with Gasteiger partial charge < -0.3 is 24.8 Å². The van der Waals surface area contributed by atoms with E-state index in [1.165, 1.54) is 24.8 Å². The van der Waals surface area contributed by atoms with Crippen molar-refractivity contribution in [1.82, 2.24) is 0 Å². The van der Waals surface area contributed by atoms with Crippen LogP contribution in [0.25, 0.3) is 0 Å². The molecular weight excluding hydrogens is 342 g/mol. The second kappa shape index (κ2) is 17.2. The SMILES string of the molecule is CCCCC1=[C-]CC=C1.[Cl-].[Cl-].[Zr+4].[c-]1ccccc1. The molecule has 0 heterocycles. The summed E-state index contributed by atoms with van der Waals surface area (Å²) < 4.78 is 0. The fraction of sp³-hybridized carbons (Fsp3) is 0.333. The summed E-state index contributed by atoms with van der Waals surface area (Å²) in [4.78, 5) is 0. The van der Waals surface area contributed by atoms with E-state index < -0.39 is 0 Å². The van der Waals surface area contributed by atoms with Gasteiger partial charge >= 0.3 is 26.2 Å². The number of hydrogen-bond donors (Lipinski definition) is 0. The average Bonchev–Trinajstić information content (AvgIpc) is 2.82. The fourth-order valence-electron chi connectivity index (χ4n) is 1.33. The Bertz CT molecular complexity index is 281. The predicted molar refractivity (Wildman–Crippen MR) is 65.3 cm³/mol. The molecule has 1 aromatic rings. The summed E-state index contributed by atoms with van der Waals surface area (Å²) in [5, 5.41) is 0. The van der Waals surface area contributed by atoms with Gasteiger partial charge in [0.05, 0.1) is 0 Å². The van der Waals surface area contributed by atoms with Gasteiger partial charge in [-0.3, -0.25) is 6.08 Å². The third kappa shape index (κ3) is 12.6. The summed E-state index contributed by atoms with van der Waals surface area (Å²) in [7, 11) is 0. The van der Waals surface area contributed by atoms with Crippen LogP contribution in [0.3, 0.4) is 0 Å². The van der Waals surface area contributed by atoms with Crippen LogP contribution < -0.4 is 24.8 Å². The van der Waals surface area contributed by atoms with Crippen LogP contribution in [0.2, 0.25) is 0 Å². The molecule has 18 heavy (non-hydrogen) atoms. The first kappa shape index (κ1) is 23.3. The standard InChI is InChI=1S/C9H13.C6H5.2ClH.Zr/c1-2-3-6-9-7-4-5-8-9;1-2-4-6-5-3-1;;;/h4,7H,2-3,5-6H2,1H3;1-5H;2*1H;/q2*-1;;;+4/p-2. The van der Waals surface area contributed by atoms with E-state index >= 15 is 0 Å². The van der Waals surface area contributed by atoms with Gasteiger partial charge in [0, 0.05) is 0 Å². The molecule has 1 aromatic carbocycles. The van der Waals surface area contributed by atoms with Crippen molar-refractivity contribution in [2.45, 2.75) is 32.6 Å². The van der Waals surface area contributed by atoms with Crippen molar-refractivity contribution >= 4 is 0 Å². The molecule has 1 aliphatic carbocycles. The summed E-state index contributed by atoms with van der Waals surface area (Å²) in [6, 6.07) is 12.5. The van der Waals surface area contributed by atoms with Gasteiger partial charge in [0.25, 0.3) is 0 Å². The minimum atomic E-state index is 0. The molecule has 0 aromatic heterocycles. The zero-order chi connectivity index (χ0) is 10.8. The smallest absolute Gasteiger partial charge is 1.00 e. The molecule has 0 unspecified atom stereocenters. The van der Waals surface area contributed by atoms with Crippen LogP contribution in [0, 0.1) is 12.1 Å². The van der Waals surface area contributed by atoms with Crippen LogP contribution in [0.1, 0.15) is 32.6 Å². The van der Waals surface area contributed by atoms with Gasteiger partial charge in [0.2, 0.25) is 0 Å². The minimum Gasteiger partial charge on any atom is -1.00 e. The van der Waals surface area contributed by atoms with Gasteiger partial charge in [-0.15, -0.1) is 6.42 Å². The molecule has 1 aliphatic rings. The Morgan fingerprint density at radius 2 is 1.78 bits per heavy atom. The van der Waals surface area contributed by atoms with E-state index in [4.69, 9.17) is 0 Å². The molecule has 96 valence electrons. The van der Waals surface area contributed by atoms with Gasteiger partial charge in [0.15, 0.2) is 0 Å². The summed E-state index contributed by atoms with van der Waals surface area (Å²) in [6.07, 6.45) is 12.5. The molecule has 0 aliphatic heterocycles. The normalized spacial score (nSPS) is 10.8. The van der Waals surface area contributed by atoms with Crippen molar-refractivity contribution in [3.05, 3.63) is 60.2 Å². The van der Waals surface area contributed by atoms with Crippen molar-refractivity contribution in [2.75, 3.05) is 0 Å². The molecular formula is C15H18Cl2Zr. The molecule has 0 fully saturated rings. The number of benzene rings is 1. The molecule has 0 saturated carbocycles. The summed E-state index contributed by atoms with van der Waals surface area (Å²) >= 11 is 0. The molecule has 0 N–H and O–H groups in total. The number of rotatable bonds is 3. The van der Waals surface area contributed by atoms with Crippen LogP contribution in [0.15, 0.2) is 48.1 Å². The van der Waals surface area contributed by atoms with Gasteiger partial charge in [-0.1, -0.05) is 26.2 Å². The third-order valence-corrected chi connectivity index (χ3v) is 2.17. The van der Waals surface area contributed by atoms with Crippen LogP contribution >= 0.6 is 0 Å². The number of hydrogen-bond acceptors (Lipinski definition) is 0. The monoisotopic (exact) mass is 358 g/mol. The quantitative estimate of drug-likeness (QED) is 0.568. The average molecular weight is 360 g/mol. The van der Waals surface area contributed by atoms with Crippen LogP contribution in [0.4, 0.5) is 0 Å². The fourth-order valence-corrected chi connectivity index (χ4v) is 1.33. The van der Waals surface area contributed by atoms with E-state index in [0.717, 1.165) is 6.42 Å². The first-order valence-electron chi connectivity index (χ1n) is 5.61. The number of allylic oxidation sites excluding steroid dienone is 4. The third-order valence-electron chi connectivity index (χ3n) is 2.17. The molecule has 0 spiro atoms. The van der Waals surface area contributed by atoms with E-state index in [1.807, 2.05) is 30.3 Å². The van der Waals surface area contributed by atoms with Crippen molar-refractivity contribution in [3.8, 4) is 0 Å². The van der Waals surface area contributed by atoms with Gasteiger partial charge in [0.1, 0.15) is 0 Å². The molecule has 0 nitrogen and oxygen atoms in total. The topological polar surface area (TPSA) is 0 Å². The molecule has 0 radical (unpaired) electrons. The van der Waals surface area contributed by atoms with Gasteiger partial charge in [-0.2, -0.15) is 42.5 Å². The maximum atomic E-state index is 3.30. The van der Waals surface area contributed by atoms with E-state index in [9.17, 15) is 0 Å². The zero-order valence-electron chi connectivity index (χ0n) is 10.6. The maximum absolute atomic E-state index is 3.30. The largest absolute Gasteiger partial charge is 4.00 e. The Morgan fingerprint density at radius 1 is 1.11 bits per heavy atom. The van der Waals surface area contributed by atoms with Gasteiger partial charge in [-0.25, -0.2) is 11.6 Å². The Kier molecular flexibility index (Phi) is 22.2. The second-order valence-electron chi connectivity index (χ2n) is 3.49. The Hall–Kier alpha value is 0.163.